The number of aryl methyl sites for hydroxylation is 1. The van der Waals surface area contributed by atoms with E-state index in [1.807, 2.05) is 46.1 Å². The number of para-hydroxylation sites is 1. The molecule has 1 atom stereocenters. The number of benzene rings is 1. The van der Waals surface area contributed by atoms with Crippen LogP contribution in [-0.4, -0.2) is 25.6 Å². The summed E-state index contributed by atoms with van der Waals surface area (Å²) >= 11 is 1.52. The molecule has 3 aromatic rings. The van der Waals surface area contributed by atoms with Gasteiger partial charge in [-0.25, -0.2) is 9.67 Å². The van der Waals surface area contributed by atoms with Crippen LogP contribution >= 0.6 is 11.3 Å². The summed E-state index contributed by atoms with van der Waals surface area (Å²) in [6, 6.07) is 10.0. The largest absolute Gasteiger partial charge is 0.375 e. The molecule has 0 spiro atoms. The summed E-state index contributed by atoms with van der Waals surface area (Å²) in [5, 5.41) is 5.07. The third-order valence-electron chi connectivity index (χ3n) is 5.24. The van der Waals surface area contributed by atoms with Gasteiger partial charge in [0.25, 0.3) is 0 Å². The quantitative estimate of drug-likeness (QED) is 0.757. The Bertz CT molecular complexity index is 977. The lowest BCUT2D eigenvalue weighted by Crippen LogP contribution is -2.33. The van der Waals surface area contributed by atoms with Gasteiger partial charge >= 0.3 is 0 Å². The summed E-state index contributed by atoms with van der Waals surface area (Å²) in [5.74, 6) is 0.00139. The van der Waals surface area contributed by atoms with Crippen LogP contribution in [0.1, 0.15) is 40.6 Å². The van der Waals surface area contributed by atoms with Crippen molar-refractivity contribution in [2.24, 2.45) is 0 Å². The summed E-state index contributed by atoms with van der Waals surface area (Å²) in [6.07, 6.45) is 4.73. The second-order valence-electron chi connectivity index (χ2n) is 6.86. The van der Waals surface area contributed by atoms with Gasteiger partial charge in [-0.3, -0.25) is 4.79 Å². The molecule has 0 saturated heterocycles. The van der Waals surface area contributed by atoms with Gasteiger partial charge in [0, 0.05) is 17.0 Å². The van der Waals surface area contributed by atoms with Crippen molar-refractivity contribution < 1.29 is 4.79 Å². The van der Waals surface area contributed by atoms with Crippen LogP contribution in [0.25, 0.3) is 5.69 Å². The first-order valence-corrected chi connectivity index (χ1v) is 9.67. The highest BCUT2D eigenvalue weighted by atomic mass is 32.1. The van der Waals surface area contributed by atoms with Gasteiger partial charge in [0.15, 0.2) is 5.13 Å². The number of nitrogens with zero attached hydrogens (tertiary/aromatic N) is 4. The fourth-order valence-electron chi connectivity index (χ4n) is 4.00. The van der Waals surface area contributed by atoms with Crippen molar-refractivity contribution in [3.8, 4) is 5.69 Å². The lowest BCUT2D eigenvalue weighted by molar-refractivity contribution is -0.133. The molecular formula is C19H19N5OS. The van der Waals surface area contributed by atoms with E-state index >= 15 is 0 Å². The van der Waals surface area contributed by atoms with E-state index in [1.54, 1.807) is 0 Å². The minimum atomic E-state index is -0.158. The van der Waals surface area contributed by atoms with Gasteiger partial charge in [0.1, 0.15) is 0 Å². The van der Waals surface area contributed by atoms with Gasteiger partial charge in [-0.1, -0.05) is 18.2 Å². The van der Waals surface area contributed by atoms with Gasteiger partial charge < -0.3 is 10.6 Å². The molecule has 1 amide bonds. The number of hydrogen-bond acceptors (Lipinski definition) is 5. The molecule has 0 bridgehead atoms. The number of rotatable bonds is 2. The molecule has 6 nitrogen and oxygen atoms in total. The summed E-state index contributed by atoms with van der Waals surface area (Å²) in [7, 11) is 0. The van der Waals surface area contributed by atoms with Crippen molar-refractivity contribution in [1.82, 2.24) is 19.7 Å². The minimum absolute atomic E-state index is 0.158. The first kappa shape index (κ1) is 15.6. The topological polar surface area (TPSA) is 77.0 Å². The predicted molar refractivity (Wildman–Crippen MR) is 100 cm³/mol. The van der Waals surface area contributed by atoms with Gasteiger partial charge in [0.05, 0.1) is 35.7 Å². The van der Waals surface area contributed by atoms with Crippen LogP contribution in [0.15, 0.2) is 36.5 Å². The molecule has 1 aliphatic carbocycles. The number of thiazole rings is 1. The third kappa shape index (κ3) is 2.42. The minimum Gasteiger partial charge on any atom is -0.375 e. The molecule has 0 radical (unpaired) electrons. The van der Waals surface area contributed by atoms with E-state index < -0.39 is 0 Å². The molecule has 0 fully saturated rings. The molecule has 7 heteroatoms. The molecular weight excluding hydrogens is 346 g/mol. The monoisotopic (exact) mass is 365 g/mol. The molecule has 2 aliphatic rings. The lowest BCUT2D eigenvalue weighted by atomic mass is 9.90. The van der Waals surface area contributed by atoms with Crippen LogP contribution < -0.4 is 5.73 Å². The molecule has 0 saturated carbocycles. The van der Waals surface area contributed by atoms with E-state index in [0.717, 1.165) is 41.9 Å². The summed E-state index contributed by atoms with van der Waals surface area (Å²) < 4.78 is 1.94. The molecule has 5 rings (SSSR count). The van der Waals surface area contributed by atoms with Crippen LogP contribution in [0, 0.1) is 0 Å². The average molecular weight is 365 g/mol. The molecule has 3 heterocycles. The fourth-order valence-corrected chi connectivity index (χ4v) is 4.93. The van der Waals surface area contributed by atoms with Crippen LogP contribution in [0.5, 0.6) is 0 Å². The van der Waals surface area contributed by atoms with E-state index in [9.17, 15) is 4.79 Å². The SMILES string of the molecule is Nc1nc2c(s1)CCCC2C(=O)N1Cc2cnn(-c3ccccc3)c2C1. The van der Waals surface area contributed by atoms with Crippen LogP contribution in [0.4, 0.5) is 5.13 Å². The normalized spacial score (nSPS) is 18.6. The van der Waals surface area contributed by atoms with Crippen LogP contribution in [0.2, 0.25) is 0 Å². The van der Waals surface area contributed by atoms with Crippen molar-refractivity contribution >= 4 is 22.4 Å². The number of nitrogens with two attached hydrogens (primary N) is 1. The average Bonchev–Trinajstić information content (AvgIpc) is 3.34. The van der Waals surface area contributed by atoms with Crippen LogP contribution in [0.3, 0.4) is 0 Å². The Morgan fingerprint density at radius 2 is 2.08 bits per heavy atom. The maximum Gasteiger partial charge on any atom is 0.232 e. The Kier molecular flexibility index (Phi) is 3.56. The lowest BCUT2D eigenvalue weighted by Gasteiger charge is -2.25. The Hall–Kier alpha value is -2.67. The molecule has 1 aliphatic heterocycles. The third-order valence-corrected chi connectivity index (χ3v) is 6.20. The first-order chi connectivity index (χ1) is 12.7. The van der Waals surface area contributed by atoms with Crippen molar-refractivity contribution in [3.05, 3.63) is 58.4 Å². The number of hydrogen-bond donors (Lipinski definition) is 1. The van der Waals surface area contributed by atoms with Gasteiger partial charge in [-0.05, 0) is 31.4 Å². The smallest absolute Gasteiger partial charge is 0.232 e. The van der Waals surface area contributed by atoms with Crippen molar-refractivity contribution in [1.29, 1.82) is 0 Å². The number of aromatic nitrogens is 3. The molecule has 2 N–H and O–H groups in total. The van der Waals surface area contributed by atoms with Gasteiger partial charge in [-0.15, -0.1) is 11.3 Å². The number of nitrogen functional groups attached to an aromatic ring is 1. The zero-order valence-corrected chi connectivity index (χ0v) is 15.1. The highest BCUT2D eigenvalue weighted by Gasteiger charge is 2.36. The summed E-state index contributed by atoms with van der Waals surface area (Å²) in [6.45, 7) is 1.21. The molecule has 1 aromatic carbocycles. The van der Waals surface area contributed by atoms with Gasteiger partial charge in [-0.2, -0.15) is 5.10 Å². The number of carbonyl (C=O) groups is 1. The number of amides is 1. The van der Waals surface area contributed by atoms with Crippen molar-refractivity contribution in [3.63, 3.8) is 0 Å². The first-order valence-electron chi connectivity index (χ1n) is 8.86. The number of fused-ring (bicyclic) bond motifs is 2. The predicted octanol–water partition coefficient (Wildman–Crippen LogP) is 2.87. The summed E-state index contributed by atoms with van der Waals surface area (Å²) in [5.41, 5.74) is 10.0. The zero-order valence-electron chi connectivity index (χ0n) is 14.3. The van der Waals surface area contributed by atoms with Crippen molar-refractivity contribution in [2.45, 2.75) is 38.3 Å². The zero-order chi connectivity index (χ0) is 17.7. The molecule has 26 heavy (non-hydrogen) atoms. The van der Waals surface area contributed by atoms with E-state index in [4.69, 9.17) is 5.73 Å². The van der Waals surface area contributed by atoms with E-state index in [2.05, 4.69) is 10.1 Å². The van der Waals surface area contributed by atoms with E-state index in [-0.39, 0.29) is 11.8 Å². The Morgan fingerprint density at radius 1 is 1.23 bits per heavy atom. The molecule has 2 aromatic heterocycles. The van der Waals surface area contributed by atoms with E-state index in [1.165, 1.54) is 16.2 Å². The molecule has 132 valence electrons. The standard InChI is InChI=1S/C19H19N5OS/c20-19-22-17-14(7-4-8-16(17)26-19)18(25)23-10-12-9-21-24(15(12)11-23)13-5-2-1-3-6-13/h1-3,5-6,9,14H,4,7-8,10-11H2,(H2,20,22). The Balaban J connectivity index is 1.41. The highest BCUT2D eigenvalue weighted by molar-refractivity contribution is 7.15. The number of anilines is 1. The second kappa shape index (κ2) is 5.95. The van der Waals surface area contributed by atoms with Crippen LogP contribution in [-0.2, 0) is 24.3 Å². The maximum atomic E-state index is 13.2. The fraction of sp³-hybridized carbons (Fsp3) is 0.316. The highest BCUT2D eigenvalue weighted by Crippen LogP contribution is 2.38. The van der Waals surface area contributed by atoms with Gasteiger partial charge in [0.2, 0.25) is 5.91 Å². The second-order valence-corrected chi connectivity index (χ2v) is 7.98. The number of carbonyl (C=O) groups excluding carboxylic acids is 1. The van der Waals surface area contributed by atoms with E-state index in [0.29, 0.717) is 18.2 Å². The molecule has 1 unspecified atom stereocenters. The summed E-state index contributed by atoms with van der Waals surface area (Å²) in [4.78, 5) is 20.8. The van der Waals surface area contributed by atoms with Crippen molar-refractivity contribution in [2.75, 3.05) is 5.73 Å². The maximum absolute atomic E-state index is 13.2. The Labute approximate surface area is 155 Å². The Morgan fingerprint density at radius 3 is 2.92 bits per heavy atom.